The predicted molar refractivity (Wildman–Crippen MR) is 234 cm³/mol. The third kappa shape index (κ3) is 17.6. The maximum atomic E-state index is 12.2. The van der Waals surface area contributed by atoms with Gasteiger partial charge < -0.3 is 39.1 Å². The Morgan fingerprint density at radius 2 is 1.13 bits per heavy atom. The maximum absolute atomic E-state index is 12.2. The van der Waals surface area contributed by atoms with Crippen molar-refractivity contribution in [1.29, 1.82) is 0 Å². The van der Waals surface area contributed by atoms with Gasteiger partial charge in [-0.1, -0.05) is 100 Å². The third-order valence-electron chi connectivity index (χ3n) is 12.5. The summed E-state index contributed by atoms with van der Waals surface area (Å²) in [6, 6.07) is 15.9. The zero-order valence-electron chi connectivity index (χ0n) is 40.1. The Labute approximate surface area is 378 Å². The summed E-state index contributed by atoms with van der Waals surface area (Å²) in [5, 5.41) is 29.3. The zero-order chi connectivity index (χ0) is 46.4. The zero-order valence-corrected chi connectivity index (χ0v) is 41.2. The molecule has 2 bridgehead atoms. The Morgan fingerprint density at radius 1 is 0.721 bits per heavy atom. The number of hydrogen-bond donors (Lipinski definition) is 1. The first-order chi connectivity index (χ1) is 27.5. The van der Waals surface area contributed by atoms with E-state index in [0.717, 1.165) is 25.0 Å². The van der Waals surface area contributed by atoms with Crippen LogP contribution in [0.15, 0.2) is 48.5 Å². The van der Waals surface area contributed by atoms with Crippen molar-refractivity contribution >= 4 is 23.9 Å². The largest absolute Gasteiger partial charge is 2.00 e. The van der Waals surface area contributed by atoms with Crippen molar-refractivity contribution in [3.8, 4) is 11.5 Å². The van der Waals surface area contributed by atoms with Crippen LogP contribution in [0.5, 0.6) is 11.5 Å². The molecule has 5 rings (SSSR count). The Bertz CT molecular complexity index is 1630. The molecule has 3 aliphatic rings. The van der Waals surface area contributed by atoms with Crippen LogP contribution in [-0.2, 0) is 45.7 Å². The molecular formula is C50H78FeO10. The van der Waals surface area contributed by atoms with Crippen LogP contribution >= 0.6 is 0 Å². The number of hydrogen-bond acceptors (Lipinski definition) is 10. The summed E-state index contributed by atoms with van der Waals surface area (Å²) in [5.74, 6) is -0.186. The Balaban J connectivity index is 0.000000765. The average Bonchev–Trinajstić information content (AvgIpc) is 3.80. The summed E-state index contributed by atoms with van der Waals surface area (Å²) >= 11 is 0. The molecular weight excluding hydrogens is 816 g/mol. The van der Waals surface area contributed by atoms with Crippen LogP contribution < -0.4 is 14.9 Å². The van der Waals surface area contributed by atoms with E-state index in [0.29, 0.717) is 49.2 Å². The molecule has 0 radical (unpaired) electrons. The molecule has 2 aromatic carbocycles. The minimum atomic E-state index is -0.972. The van der Waals surface area contributed by atoms with E-state index in [1.807, 2.05) is 46.8 Å². The number of phenols is 1. The number of phenolic OH excluding ortho intramolecular Hbond substituents is 1. The summed E-state index contributed by atoms with van der Waals surface area (Å²) in [4.78, 5) is 44.3. The van der Waals surface area contributed by atoms with Crippen LogP contribution in [0, 0.1) is 34.0 Å². The van der Waals surface area contributed by atoms with Gasteiger partial charge in [-0.25, -0.2) is 0 Å². The average molecular weight is 895 g/mol. The number of carbonyl (C=O) groups excluding carboxylic acids is 4. The molecule has 346 valence electrons. The summed E-state index contributed by atoms with van der Waals surface area (Å²) in [7, 11) is 0. The molecule has 10 nitrogen and oxygen atoms in total. The topological polar surface area (TPSA) is 162 Å². The smallest absolute Gasteiger partial charge is 0.550 e. The molecule has 6 atom stereocenters. The van der Waals surface area contributed by atoms with Gasteiger partial charge in [0.15, 0.2) is 0 Å². The van der Waals surface area contributed by atoms with E-state index in [-0.39, 0.29) is 46.4 Å². The molecule has 1 saturated heterocycles. The van der Waals surface area contributed by atoms with Gasteiger partial charge in [0, 0.05) is 29.2 Å². The van der Waals surface area contributed by atoms with Gasteiger partial charge in [0.1, 0.15) is 17.1 Å². The number of carbonyl (C=O) groups is 4. The monoisotopic (exact) mass is 894 g/mol. The molecule has 2 aliphatic carbocycles. The van der Waals surface area contributed by atoms with Crippen molar-refractivity contribution in [2.45, 2.75) is 185 Å². The Morgan fingerprint density at radius 3 is 1.46 bits per heavy atom. The van der Waals surface area contributed by atoms with Gasteiger partial charge >= 0.3 is 29.0 Å². The molecule has 3 fully saturated rings. The van der Waals surface area contributed by atoms with Crippen LogP contribution in [0.4, 0.5) is 0 Å². The van der Waals surface area contributed by atoms with Crippen molar-refractivity contribution < 1.29 is 65.8 Å². The van der Waals surface area contributed by atoms with E-state index in [4.69, 9.17) is 19.3 Å². The van der Waals surface area contributed by atoms with E-state index >= 15 is 0 Å². The molecule has 2 aromatic rings. The minimum Gasteiger partial charge on any atom is -0.550 e. The second-order valence-electron chi connectivity index (χ2n) is 19.7. The van der Waals surface area contributed by atoms with Crippen molar-refractivity contribution in [2.75, 3.05) is 0 Å². The van der Waals surface area contributed by atoms with Crippen LogP contribution in [-0.4, -0.2) is 40.4 Å². The van der Waals surface area contributed by atoms with Gasteiger partial charge in [-0.15, -0.1) is 0 Å². The van der Waals surface area contributed by atoms with Gasteiger partial charge in [0.25, 0.3) is 5.79 Å². The van der Waals surface area contributed by atoms with Crippen LogP contribution in [0.2, 0.25) is 0 Å². The molecule has 61 heavy (non-hydrogen) atoms. The van der Waals surface area contributed by atoms with Crippen LogP contribution in [0.1, 0.15) is 185 Å². The minimum absolute atomic E-state index is 0. The first-order valence-corrected chi connectivity index (χ1v) is 22.0. The fourth-order valence-electron chi connectivity index (χ4n) is 6.33. The number of aliphatic carboxylic acids is 2. The summed E-state index contributed by atoms with van der Waals surface area (Å²) < 4.78 is 16.9. The number of carboxylic acid groups (broad SMARTS) is 2. The summed E-state index contributed by atoms with van der Waals surface area (Å²) in [5.41, 5.74) is 0.753. The molecule has 0 amide bonds. The molecule has 0 aromatic heterocycles. The maximum Gasteiger partial charge on any atom is 2.00 e. The fraction of sp³-hybridized carbons (Fsp3) is 0.680. The second-order valence-corrected chi connectivity index (χ2v) is 19.7. The van der Waals surface area contributed by atoms with E-state index in [1.165, 1.54) is 17.5 Å². The van der Waals surface area contributed by atoms with Gasteiger partial charge in [0.2, 0.25) is 0 Å². The number of rotatable bonds is 12. The first kappa shape index (κ1) is 57.4. The van der Waals surface area contributed by atoms with E-state index in [1.54, 1.807) is 39.8 Å². The van der Waals surface area contributed by atoms with Gasteiger partial charge in [0.05, 0.1) is 17.3 Å². The second kappa shape index (κ2) is 24.3. The van der Waals surface area contributed by atoms with E-state index < -0.39 is 34.0 Å². The third-order valence-corrected chi connectivity index (χ3v) is 12.5. The van der Waals surface area contributed by atoms with Gasteiger partial charge in [-0.3, -0.25) is 9.59 Å². The van der Waals surface area contributed by atoms with Gasteiger partial charge in [-0.05, 0) is 133 Å². The van der Waals surface area contributed by atoms with Crippen molar-refractivity contribution in [1.82, 2.24) is 0 Å². The van der Waals surface area contributed by atoms with Crippen molar-refractivity contribution in [2.24, 2.45) is 34.0 Å². The van der Waals surface area contributed by atoms with Crippen molar-refractivity contribution in [3.63, 3.8) is 0 Å². The normalized spacial score (nSPS) is 20.8. The molecule has 2 saturated carbocycles. The first-order valence-electron chi connectivity index (χ1n) is 22.0. The number of ether oxygens (including phenoxy) is 3. The van der Waals surface area contributed by atoms with Gasteiger partial charge in [-0.2, -0.15) is 0 Å². The standard InChI is InChI=1S/C14H20O4.C14H22O.C10H14O.2C6H12O2.Fe/c1-4-13(2,3)12(16)18-14-7-8-5-9(10(14)6-8)11(15)17-14;1-6-11(2)12-7-9-13(10-8-12)15-14(3,4)5;1-3-8(2)9-4-6-10(11)7-5-9;2*1-4-6(2,3)5(7)8;/h8-10H,4-7H2,1-3H3;7-11H,6H2,1-5H3;4-8,11H,3H2,1-2H3;2*4H2,1-3H3,(H,7,8);/q;;;;;+2/p-2. The molecule has 1 N–H and O–H groups in total. The van der Waals surface area contributed by atoms with E-state index in [2.05, 4.69) is 72.7 Å². The van der Waals surface area contributed by atoms with Crippen molar-refractivity contribution in [3.05, 3.63) is 59.7 Å². The summed E-state index contributed by atoms with van der Waals surface area (Å²) in [6.45, 7) is 31.0. The fourth-order valence-corrected chi connectivity index (χ4v) is 6.33. The Kier molecular flexibility index (Phi) is 22.9. The Hall–Kier alpha value is -3.56. The molecule has 11 heteroatoms. The quantitative estimate of drug-likeness (QED) is 0.160. The molecule has 1 heterocycles. The van der Waals surface area contributed by atoms with Crippen LogP contribution in [0.25, 0.3) is 0 Å². The molecule has 1 aliphatic heterocycles. The summed E-state index contributed by atoms with van der Waals surface area (Å²) in [6.07, 6.45) is 6.87. The van der Waals surface area contributed by atoms with Crippen LogP contribution in [0.3, 0.4) is 0 Å². The SMILES string of the molecule is CCC(C)(C)C(=O)OC12CC3CC(C(=O)O1)C2C3.CCC(C)(C)C(=O)[O-].CCC(C)(C)C(=O)[O-].CCC(C)c1ccc(O)cc1.CCC(C)c1ccc(OC(C)(C)C)cc1.[Fe+2]. The number of esters is 2. The number of benzene rings is 2. The van der Waals surface area contributed by atoms with E-state index in [9.17, 15) is 29.4 Å². The number of aromatic hydroxyl groups is 1. The predicted octanol–water partition coefficient (Wildman–Crippen LogP) is 9.89. The number of carboxylic acids is 2. The molecule has 6 unspecified atom stereocenters. The number of fused-ring (bicyclic) bond motifs is 1. The molecule has 0 spiro atoms.